The molecule has 0 aliphatic carbocycles. The fourth-order valence-electron chi connectivity index (χ4n) is 2.28. The van der Waals surface area contributed by atoms with Crippen molar-refractivity contribution in [2.24, 2.45) is 0 Å². The van der Waals surface area contributed by atoms with Gasteiger partial charge in [-0.25, -0.2) is 9.78 Å². The third-order valence-electron chi connectivity index (χ3n) is 3.18. The van der Waals surface area contributed by atoms with Crippen molar-refractivity contribution in [3.8, 4) is 0 Å². The van der Waals surface area contributed by atoms with Crippen LogP contribution in [0.2, 0.25) is 0 Å². The van der Waals surface area contributed by atoms with Crippen LogP contribution in [0.4, 0.5) is 5.69 Å². The lowest BCUT2D eigenvalue weighted by molar-refractivity contribution is 0.0693. The number of nitrogens with two attached hydrogens (primary N) is 1. The van der Waals surface area contributed by atoms with Gasteiger partial charge in [-0.3, -0.25) is 0 Å². The Balaban J connectivity index is 2.17. The van der Waals surface area contributed by atoms with Crippen LogP contribution in [0.15, 0.2) is 48.7 Å². The van der Waals surface area contributed by atoms with E-state index in [1.165, 1.54) is 0 Å². The molecule has 5 nitrogen and oxygen atoms in total. The molecule has 0 atom stereocenters. The summed E-state index contributed by atoms with van der Waals surface area (Å²) in [5, 5.41) is 9.26. The highest BCUT2D eigenvalue weighted by molar-refractivity contribution is 5.97. The minimum Gasteiger partial charge on any atom is -0.476 e. The van der Waals surface area contributed by atoms with E-state index in [0.717, 1.165) is 5.56 Å². The van der Waals surface area contributed by atoms with Gasteiger partial charge in [0, 0.05) is 12.6 Å². The zero-order chi connectivity index (χ0) is 14.1. The molecular formula is C15H13N3O2. The number of nitrogen functional groups attached to an aromatic ring is 1. The van der Waals surface area contributed by atoms with Crippen LogP contribution in [0.3, 0.4) is 0 Å². The fourth-order valence-corrected chi connectivity index (χ4v) is 2.28. The standard InChI is InChI=1S/C15H13N3O2/c16-11-7-4-8-18-12(9-10-5-2-1-3-6-10)17-13(14(11)18)15(19)20/h1-8H,9,16H2,(H,19,20). The molecule has 0 amide bonds. The van der Waals surface area contributed by atoms with Crippen LogP contribution in [0.5, 0.6) is 0 Å². The Morgan fingerprint density at radius 3 is 2.65 bits per heavy atom. The van der Waals surface area contributed by atoms with Gasteiger partial charge in [0.25, 0.3) is 0 Å². The Morgan fingerprint density at radius 2 is 1.95 bits per heavy atom. The second-order valence-corrected chi connectivity index (χ2v) is 4.53. The van der Waals surface area contributed by atoms with Gasteiger partial charge in [-0.05, 0) is 17.7 Å². The first-order valence-corrected chi connectivity index (χ1v) is 6.19. The molecule has 0 unspecified atom stereocenters. The van der Waals surface area contributed by atoms with E-state index in [0.29, 0.717) is 23.4 Å². The number of carboxylic acids is 1. The van der Waals surface area contributed by atoms with Gasteiger partial charge in [0.15, 0.2) is 5.69 Å². The molecule has 0 radical (unpaired) electrons. The van der Waals surface area contributed by atoms with E-state index in [1.807, 2.05) is 30.3 Å². The number of anilines is 1. The second kappa shape index (κ2) is 4.70. The summed E-state index contributed by atoms with van der Waals surface area (Å²) in [4.78, 5) is 15.5. The molecule has 3 aromatic rings. The fraction of sp³-hybridized carbons (Fsp3) is 0.0667. The van der Waals surface area contributed by atoms with Crippen LogP contribution in [0.1, 0.15) is 21.9 Å². The number of hydrogen-bond donors (Lipinski definition) is 2. The van der Waals surface area contributed by atoms with Crippen LogP contribution in [-0.4, -0.2) is 20.5 Å². The van der Waals surface area contributed by atoms with Gasteiger partial charge in [-0.2, -0.15) is 0 Å². The van der Waals surface area contributed by atoms with Gasteiger partial charge < -0.3 is 15.2 Å². The minimum atomic E-state index is -1.07. The molecular weight excluding hydrogens is 254 g/mol. The van der Waals surface area contributed by atoms with Crippen molar-refractivity contribution in [2.75, 3.05) is 5.73 Å². The van der Waals surface area contributed by atoms with E-state index < -0.39 is 5.97 Å². The highest BCUT2D eigenvalue weighted by atomic mass is 16.4. The summed E-state index contributed by atoms with van der Waals surface area (Å²) in [7, 11) is 0. The highest BCUT2D eigenvalue weighted by Crippen LogP contribution is 2.21. The van der Waals surface area contributed by atoms with Gasteiger partial charge in [-0.15, -0.1) is 0 Å². The van der Waals surface area contributed by atoms with Crippen molar-refractivity contribution in [1.82, 2.24) is 9.38 Å². The summed E-state index contributed by atoms with van der Waals surface area (Å²) in [5.41, 5.74) is 7.80. The number of benzene rings is 1. The van der Waals surface area contributed by atoms with Gasteiger partial charge in [-0.1, -0.05) is 30.3 Å². The van der Waals surface area contributed by atoms with Crippen molar-refractivity contribution < 1.29 is 9.90 Å². The van der Waals surface area contributed by atoms with E-state index in [2.05, 4.69) is 4.98 Å². The molecule has 0 bridgehead atoms. The molecule has 0 saturated carbocycles. The maximum absolute atomic E-state index is 11.3. The third kappa shape index (κ3) is 1.99. The van der Waals surface area contributed by atoms with E-state index in [1.54, 1.807) is 22.7 Å². The minimum absolute atomic E-state index is 0.00553. The number of fused-ring (bicyclic) bond motifs is 1. The van der Waals surface area contributed by atoms with Gasteiger partial charge in [0.2, 0.25) is 0 Å². The average Bonchev–Trinajstić information content (AvgIpc) is 2.81. The Bertz CT molecular complexity index is 778. The molecule has 0 aliphatic rings. The number of carbonyl (C=O) groups is 1. The normalized spacial score (nSPS) is 10.8. The first-order valence-electron chi connectivity index (χ1n) is 6.19. The lowest BCUT2D eigenvalue weighted by Gasteiger charge is -2.03. The maximum atomic E-state index is 11.3. The second-order valence-electron chi connectivity index (χ2n) is 4.53. The number of aromatic nitrogens is 2. The van der Waals surface area contributed by atoms with Crippen molar-refractivity contribution in [3.63, 3.8) is 0 Å². The van der Waals surface area contributed by atoms with Crippen LogP contribution < -0.4 is 5.73 Å². The van der Waals surface area contributed by atoms with Crippen molar-refractivity contribution in [1.29, 1.82) is 0 Å². The quantitative estimate of drug-likeness (QED) is 0.762. The van der Waals surface area contributed by atoms with Crippen LogP contribution in [0.25, 0.3) is 5.52 Å². The predicted molar refractivity (Wildman–Crippen MR) is 75.8 cm³/mol. The number of imidazole rings is 1. The number of pyridine rings is 1. The molecule has 0 saturated heterocycles. The SMILES string of the molecule is Nc1cccn2c(Cc3ccccc3)nc(C(=O)O)c12. The van der Waals surface area contributed by atoms with Gasteiger partial charge in [0.1, 0.15) is 11.3 Å². The molecule has 0 spiro atoms. The molecule has 100 valence electrons. The molecule has 0 aliphatic heterocycles. The maximum Gasteiger partial charge on any atom is 0.356 e. The Hall–Kier alpha value is -2.82. The number of aromatic carboxylic acids is 1. The van der Waals surface area contributed by atoms with Crippen molar-refractivity contribution >= 4 is 17.2 Å². The summed E-state index contributed by atoms with van der Waals surface area (Å²) in [5.74, 6) is -0.407. The summed E-state index contributed by atoms with van der Waals surface area (Å²) in [6.07, 6.45) is 2.34. The number of hydrogen-bond acceptors (Lipinski definition) is 3. The molecule has 1 aromatic carbocycles. The summed E-state index contributed by atoms with van der Waals surface area (Å²) >= 11 is 0. The number of rotatable bonds is 3. The molecule has 3 N–H and O–H groups in total. The summed E-state index contributed by atoms with van der Waals surface area (Å²) in [6.45, 7) is 0. The van der Waals surface area contributed by atoms with Crippen LogP contribution >= 0.6 is 0 Å². The number of carboxylic acid groups (broad SMARTS) is 1. The van der Waals surface area contributed by atoms with E-state index in [4.69, 9.17) is 5.73 Å². The van der Waals surface area contributed by atoms with E-state index in [-0.39, 0.29) is 5.69 Å². The number of nitrogens with zero attached hydrogens (tertiary/aromatic N) is 2. The largest absolute Gasteiger partial charge is 0.476 e. The molecule has 3 rings (SSSR count). The molecule has 2 heterocycles. The smallest absolute Gasteiger partial charge is 0.356 e. The van der Waals surface area contributed by atoms with E-state index >= 15 is 0 Å². The predicted octanol–water partition coefficient (Wildman–Crippen LogP) is 2.21. The summed E-state index contributed by atoms with van der Waals surface area (Å²) < 4.78 is 1.74. The summed E-state index contributed by atoms with van der Waals surface area (Å²) in [6, 6.07) is 13.2. The molecule has 5 heteroatoms. The Kier molecular flexibility index (Phi) is 2.87. The first kappa shape index (κ1) is 12.2. The molecule has 2 aromatic heterocycles. The molecule has 20 heavy (non-hydrogen) atoms. The topological polar surface area (TPSA) is 80.6 Å². The monoisotopic (exact) mass is 267 g/mol. The Labute approximate surface area is 115 Å². The lowest BCUT2D eigenvalue weighted by atomic mass is 10.1. The van der Waals surface area contributed by atoms with Gasteiger partial charge >= 0.3 is 5.97 Å². The van der Waals surface area contributed by atoms with Crippen molar-refractivity contribution in [3.05, 3.63) is 65.7 Å². The average molecular weight is 267 g/mol. The van der Waals surface area contributed by atoms with E-state index in [9.17, 15) is 9.90 Å². The highest BCUT2D eigenvalue weighted by Gasteiger charge is 2.18. The zero-order valence-corrected chi connectivity index (χ0v) is 10.7. The lowest BCUT2D eigenvalue weighted by Crippen LogP contribution is -2.00. The first-order chi connectivity index (χ1) is 9.66. The van der Waals surface area contributed by atoms with Crippen LogP contribution in [0, 0.1) is 0 Å². The van der Waals surface area contributed by atoms with Crippen LogP contribution in [-0.2, 0) is 6.42 Å². The Morgan fingerprint density at radius 1 is 1.20 bits per heavy atom. The molecule has 0 fully saturated rings. The van der Waals surface area contributed by atoms with Gasteiger partial charge in [0.05, 0.1) is 5.69 Å². The zero-order valence-electron chi connectivity index (χ0n) is 10.7. The van der Waals surface area contributed by atoms with Crippen molar-refractivity contribution in [2.45, 2.75) is 6.42 Å². The third-order valence-corrected chi connectivity index (χ3v) is 3.18.